The SMILES string of the molecule is CC(C)[C@H](C(=O)NOCc1ccccc1)N(CC(=O)OC(C)(C)C)S(=O)(=O)c1ccc(-c2ccccc2)cc1. The predicted molar refractivity (Wildman–Crippen MR) is 150 cm³/mol. The van der Waals surface area contributed by atoms with E-state index in [2.05, 4.69) is 5.48 Å². The lowest BCUT2D eigenvalue weighted by Gasteiger charge is -2.32. The first-order valence-corrected chi connectivity index (χ1v) is 14.2. The molecule has 9 heteroatoms. The quantitative estimate of drug-likeness (QED) is 0.267. The molecule has 0 radical (unpaired) electrons. The van der Waals surface area contributed by atoms with Crippen LogP contribution in [0, 0.1) is 5.92 Å². The van der Waals surface area contributed by atoms with Crippen molar-refractivity contribution in [3.05, 3.63) is 90.5 Å². The van der Waals surface area contributed by atoms with E-state index >= 15 is 0 Å². The van der Waals surface area contributed by atoms with Crippen molar-refractivity contribution in [1.82, 2.24) is 9.79 Å². The van der Waals surface area contributed by atoms with Gasteiger partial charge in [0.05, 0.1) is 11.5 Å². The minimum absolute atomic E-state index is 0.0469. The minimum atomic E-state index is -4.30. The number of hydroxylamine groups is 1. The third kappa shape index (κ3) is 8.48. The van der Waals surface area contributed by atoms with E-state index in [1.165, 1.54) is 12.1 Å². The van der Waals surface area contributed by atoms with Crippen molar-refractivity contribution < 1.29 is 27.6 Å². The van der Waals surface area contributed by atoms with Gasteiger partial charge in [0.25, 0.3) is 5.91 Å². The van der Waals surface area contributed by atoms with Crippen LogP contribution in [-0.2, 0) is 35.8 Å². The molecule has 39 heavy (non-hydrogen) atoms. The van der Waals surface area contributed by atoms with E-state index in [1.54, 1.807) is 46.8 Å². The summed E-state index contributed by atoms with van der Waals surface area (Å²) in [5.41, 5.74) is 4.13. The van der Waals surface area contributed by atoms with Gasteiger partial charge in [-0.15, -0.1) is 0 Å². The van der Waals surface area contributed by atoms with Crippen molar-refractivity contribution in [1.29, 1.82) is 0 Å². The van der Waals surface area contributed by atoms with Gasteiger partial charge < -0.3 is 4.74 Å². The Labute approximate surface area is 230 Å². The molecule has 0 aliphatic rings. The summed E-state index contributed by atoms with van der Waals surface area (Å²) in [6, 6.07) is 23.9. The summed E-state index contributed by atoms with van der Waals surface area (Å²) in [4.78, 5) is 31.5. The largest absolute Gasteiger partial charge is 0.459 e. The Balaban J connectivity index is 1.91. The van der Waals surface area contributed by atoms with Gasteiger partial charge in [0.1, 0.15) is 18.2 Å². The van der Waals surface area contributed by atoms with Gasteiger partial charge in [0, 0.05) is 0 Å². The second kappa shape index (κ2) is 13.0. The number of amides is 1. The summed E-state index contributed by atoms with van der Waals surface area (Å²) in [6.45, 7) is 7.93. The van der Waals surface area contributed by atoms with Crippen LogP contribution in [0.3, 0.4) is 0 Å². The zero-order chi connectivity index (χ0) is 28.6. The minimum Gasteiger partial charge on any atom is -0.459 e. The van der Waals surface area contributed by atoms with Crippen LogP contribution in [0.5, 0.6) is 0 Å². The molecule has 0 saturated heterocycles. The fourth-order valence-corrected chi connectivity index (χ4v) is 5.67. The normalized spacial score (nSPS) is 12.8. The van der Waals surface area contributed by atoms with Gasteiger partial charge >= 0.3 is 5.97 Å². The van der Waals surface area contributed by atoms with E-state index in [0.717, 1.165) is 21.0 Å². The fraction of sp³-hybridized carbons (Fsp3) is 0.333. The van der Waals surface area contributed by atoms with Crippen LogP contribution in [0.4, 0.5) is 0 Å². The summed E-state index contributed by atoms with van der Waals surface area (Å²) < 4.78 is 34.2. The number of carbonyl (C=O) groups excluding carboxylic acids is 2. The first kappa shape index (κ1) is 30.0. The molecule has 3 rings (SSSR count). The number of sulfonamides is 1. The molecule has 3 aromatic carbocycles. The van der Waals surface area contributed by atoms with Crippen molar-refractivity contribution in [3.8, 4) is 11.1 Å². The number of nitrogens with one attached hydrogen (secondary N) is 1. The number of hydrogen-bond donors (Lipinski definition) is 1. The standard InChI is InChI=1S/C30H36N2O6S/c1-22(2)28(29(34)31-37-21-23-12-8-6-9-13-23)32(20-27(33)38-30(3,4)5)39(35,36)26-18-16-25(17-19-26)24-14-10-7-11-15-24/h6-19,22,28H,20-21H2,1-5H3,(H,31,34)/t28-/m1/s1. The summed E-state index contributed by atoms with van der Waals surface area (Å²) in [6.07, 6.45) is 0. The number of hydrogen-bond acceptors (Lipinski definition) is 6. The van der Waals surface area contributed by atoms with E-state index < -0.39 is 46.0 Å². The predicted octanol–water partition coefficient (Wildman–Crippen LogP) is 4.96. The highest BCUT2D eigenvalue weighted by Gasteiger charge is 2.40. The van der Waals surface area contributed by atoms with Crippen molar-refractivity contribution in [3.63, 3.8) is 0 Å². The maximum Gasteiger partial charge on any atom is 0.321 e. The van der Waals surface area contributed by atoms with Gasteiger partial charge in [0.2, 0.25) is 10.0 Å². The van der Waals surface area contributed by atoms with Gasteiger partial charge in [-0.05, 0) is 55.5 Å². The molecule has 0 aliphatic carbocycles. The number of ether oxygens (including phenoxy) is 1. The Morgan fingerprint density at radius 1 is 0.846 bits per heavy atom. The Morgan fingerprint density at radius 2 is 1.38 bits per heavy atom. The number of benzene rings is 3. The van der Waals surface area contributed by atoms with Gasteiger partial charge in [-0.3, -0.25) is 14.4 Å². The van der Waals surface area contributed by atoms with Crippen LogP contribution in [0.15, 0.2) is 89.8 Å². The molecule has 0 fully saturated rings. The topological polar surface area (TPSA) is 102 Å². The number of carbonyl (C=O) groups is 2. The third-order valence-electron chi connectivity index (χ3n) is 5.74. The van der Waals surface area contributed by atoms with Gasteiger partial charge in [0.15, 0.2) is 0 Å². The third-order valence-corrected chi connectivity index (χ3v) is 7.58. The number of rotatable bonds is 11. The van der Waals surface area contributed by atoms with Crippen LogP contribution in [0.25, 0.3) is 11.1 Å². The smallest absolute Gasteiger partial charge is 0.321 e. The molecule has 0 saturated carbocycles. The van der Waals surface area contributed by atoms with E-state index in [1.807, 2.05) is 60.7 Å². The van der Waals surface area contributed by atoms with Gasteiger partial charge in [-0.2, -0.15) is 4.31 Å². The van der Waals surface area contributed by atoms with E-state index in [0.29, 0.717) is 0 Å². The van der Waals surface area contributed by atoms with Crippen molar-refractivity contribution >= 4 is 21.9 Å². The molecule has 0 bridgehead atoms. The first-order valence-electron chi connectivity index (χ1n) is 12.7. The first-order chi connectivity index (χ1) is 18.4. The molecule has 0 spiro atoms. The molecule has 1 amide bonds. The molecule has 8 nitrogen and oxygen atoms in total. The fourth-order valence-electron chi connectivity index (χ4n) is 4.01. The van der Waals surface area contributed by atoms with Crippen molar-refractivity contribution in [2.75, 3.05) is 6.54 Å². The molecule has 3 aromatic rings. The summed E-state index contributed by atoms with van der Waals surface area (Å²) in [5.74, 6) is -1.95. The number of nitrogens with zero attached hydrogens (tertiary/aromatic N) is 1. The zero-order valence-electron chi connectivity index (χ0n) is 23.0. The molecule has 208 valence electrons. The highest BCUT2D eigenvalue weighted by molar-refractivity contribution is 7.89. The van der Waals surface area contributed by atoms with Gasteiger partial charge in [-0.1, -0.05) is 86.6 Å². The molecule has 1 atom stereocenters. The van der Waals surface area contributed by atoms with Crippen LogP contribution < -0.4 is 5.48 Å². The second-order valence-electron chi connectivity index (χ2n) is 10.5. The van der Waals surface area contributed by atoms with Crippen molar-refractivity contribution in [2.45, 2.75) is 57.8 Å². The second-order valence-corrected chi connectivity index (χ2v) is 12.3. The number of esters is 1. The molecule has 0 aliphatic heterocycles. The maximum absolute atomic E-state index is 13.9. The highest BCUT2D eigenvalue weighted by atomic mass is 32.2. The van der Waals surface area contributed by atoms with Crippen molar-refractivity contribution in [2.24, 2.45) is 5.92 Å². The summed E-state index contributed by atoms with van der Waals surface area (Å²) in [5, 5.41) is 0. The summed E-state index contributed by atoms with van der Waals surface area (Å²) in [7, 11) is -4.30. The highest BCUT2D eigenvalue weighted by Crippen LogP contribution is 2.26. The van der Waals surface area contributed by atoms with E-state index in [4.69, 9.17) is 9.57 Å². The average molecular weight is 553 g/mol. The Hall–Kier alpha value is -3.53. The lowest BCUT2D eigenvalue weighted by atomic mass is 10.0. The Morgan fingerprint density at radius 3 is 1.92 bits per heavy atom. The lowest BCUT2D eigenvalue weighted by molar-refractivity contribution is -0.156. The molecular weight excluding hydrogens is 516 g/mol. The Kier molecular flexibility index (Phi) is 10.0. The monoisotopic (exact) mass is 552 g/mol. The molecule has 0 aromatic heterocycles. The van der Waals surface area contributed by atoms with Crippen LogP contribution in [0.1, 0.15) is 40.2 Å². The average Bonchev–Trinajstić information content (AvgIpc) is 2.88. The Bertz CT molecular complexity index is 1340. The van der Waals surface area contributed by atoms with Crippen LogP contribution >= 0.6 is 0 Å². The maximum atomic E-state index is 13.9. The van der Waals surface area contributed by atoms with Gasteiger partial charge in [-0.25, -0.2) is 13.9 Å². The lowest BCUT2D eigenvalue weighted by Crippen LogP contribution is -2.54. The van der Waals surface area contributed by atoms with Crippen LogP contribution in [0.2, 0.25) is 0 Å². The zero-order valence-corrected chi connectivity index (χ0v) is 23.8. The summed E-state index contributed by atoms with van der Waals surface area (Å²) >= 11 is 0. The molecule has 0 heterocycles. The van der Waals surface area contributed by atoms with E-state index in [9.17, 15) is 18.0 Å². The van der Waals surface area contributed by atoms with Crippen LogP contribution in [-0.4, -0.2) is 42.8 Å². The molecular formula is C30H36N2O6S. The molecule has 1 N–H and O–H groups in total. The van der Waals surface area contributed by atoms with E-state index in [-0.39, 0.29) is 11.5 Å². The molecule has 0 unspecified atom stereocenters.